The van der Waals surface area contributed by atoms with E-state index >= 15 is 0 Å². The van der Waals surface area contributed by atoms with Gasteiger partial charge in [-0.25, -0.2) is 0 Å². The average Bonchev–Trinajstić information content (AvgIpc) is 2.88. The van der Waals surface area contributed by atoms with Crippen LogP contribution in [0.4, 0.5) is 0 Å². The molecule has 0 aliphatic carbocycles. The van der Waals surface area contributed by atoms with E-state index in [1.54, 1.807) is 0 Å². The highest BCUT2D eigenvalue weighted by molar-refractivity contribution is 5.78. The van der Waals surface area contributed by atoms with Gasteiger partial charge < -0.3 is 4.74 Å². The number of carbonyl (C=O) groups excluding carboxylic acids is 1. The fourth-order valence-electron chi connectivity index (χ4n) is 2.48. The predicted molar refractivity (Wildman–Crippen MR) is 72.7 cm³/mol. The van der Waals surface area contributed by atoms with Crippen molar-refractivity contribution in [2.45, 2.75) is 51.6 Å². The first-order valence-electron chi connectivity index (χ1n) is 6.93. The number of hydrogen-bond acceptors (Lipinski definition) is 2. The van der Waals surface area contributed by atoms with E-state index in [-0.39, 0.29) is 0 Å². The quantitative estimate of drug-likeness (QED) is 0.768. The predicted octanol–water partition coefficient (Wildman–Crippen LogP) is 3.46. The summed E-state index contributed by atoms with van der Waals surface area (Å²) in [4.78, 5) is 11.8. The molecule has 1 atom stereocenters. The van der Waals surface area contributed by atoms with Crippen LogP contribution in [0, 0.1) is 6.92 Å². The van der Waals surface area contributed by atoms with E-state index < -0.39 is 0 Å². The minimum absolute atomic E-state index is 0.340. The Morgan fingerprint density at radius 3 is 2.89 bits per heavy atom. The molecule has 1 aromatic carbocycles. The van der Waals surface area contributed by atoms with Crippen molar-refractivity contribution < 1.29 is 9.53 Å². The van der Waals surface area contributed by atoms with E-state index in [0.717, 1.165) is 32.3 Å². The molecule has 0 N–H and O–H groups in total. The van der Waals surface area contributed by atoms with Crippen LogP contribution in [0.2, 0.25) is 0 Å². The summed E-state index contributed by atoms with van der Waals surface area (Å²) in [6.07, 6.45) is 5.75. The van der Waals surface area contributed by atoms with Crippen molar-refractivity contribution >= 4 is 5.78 Å². The Morgan fingerprint density at radius 1 is 1.33 bits per heavy atom. The Morgan fingerprint density at radius 2 is 2.17 bits per heavy atom. The molecule has 1 unspecified atom stereocenters. The zero-order valence-corrected chi connectivity index (χ0v) is 11.2. The number of benzene rings is 1. The highest BCUT2D eigenvalue weighted by Gasteiger charge is 2.16. The van der Waals surface area contributed by atoms with Crippen LogP contribution in [0.15, 0.2) is 24.3 Å². The molecule has 0 spiro atoms. The third-order valence-corrected chi connectivity index (χ3v) is 3.70. The van der Waals surface area contributed by atoms with Crippen molar-refractivity contribution in [2.24, 2.45) is 0 Å². The van der Waals surface area contributed by atoms with Gasteiger partial charge in [0, 0.05) is 19.4 Å². The monoisotopic (exact) mass is 246 g/mol. The van der Waals surface area contributed by atoms with Crippen LogP contribution >= 0.6 is 0 Å². The van der Waals surface area contributed by atoms with Crippen molar-refractivity contribution in [1.29, 1.82) is 0 Å². The molecule has 18 heavy (non-hydrogen) atoms. The van der Waals surface area contributed by atoms with E-state index in [4.69, 9.17) is 4.74 Å². The second-order valence-corrected chi connectivity index (χ2v) is 5.14. The van der Waals surface area contributed by atoms with Crippen LogP contribution in [-0.4, -0.2) is 18.5 Å². The van der Waals surface area contributed by atoms with Gasteiger partial charge in [0.15, 0.2) is 0 Å². The zero-order chi connectivity index (χ0) is 12.8. The molecule has 1 fully saturated rings. The molecule has 0 amide bonds. The zero-order valence-electron chi connectivity index (χ0n) is 11.2. The maximum absolute atomic E-state index is 11.8. The Balaban J connectivity index is 1.69. The Hall–Kier alpha value is -1.15. The van der Waals surface area contributed by atoms with Crippen LogP contribution in [0.1, 0.15) is 43.2 Å². The van der Waals surface area contributed by atoms with E-state index in [1.165, 1.54) is 11.1 Å². The molecule has 2 nitrogen and oxygen atoms in total. The van der Waals surface area contributed by atoms with Crippen LogP contribution in [-0.2, 0) is 16.0 Å². The van der Waals surface area contributed by atoms with Crippen LogP contribution in [0.5, 0.6) is 0 Å². The minimum Gasteiger partial charge on any atom is -0.378 e. The number of Topliss-reactive ketones (excluding diaryl/α,β-unsaturated/α-hetero) is 1. The fraction of sp³-hybridized carbons (Fsp3) is 0.562. The summed E-state index contributed by atoms with van der Waals surface area (Å²) in [6, 6.07) is 8.30. The van der Waals surface area contributed by atoms with Crippen molar-refractivity contribution in [3.63, 3.8) is 0 Å². The average molecular weight is 246 g/mol. The highest BCUT2D eigenvalue weighted by Crippen LogP contribution is 2.18. The summed E-state index contributed by atoms with van der Waals surface area (Å²) in [6.45, 7) is 2.98. The van der Waals surface area contributed by atoms with Crippen LogP contribution < -0.4 is 0 Å². The molecule has 98 valence electrons. The number of aryl methyl sites for hydroxylation is 2. The Labute approximate surface area is 109 Å². The molecule has 0 aromatic heterocycles. The second kappa shape index (κ2) is 6.69. The first-order chi connectivity index (χ1) is 8.75. The standard InChI is InChI=1S/C16H22O2/c1-13-5-2-3-6-14(13)8-9-15(17)10-11-16-7-4-12-18-16/h2-3,5-6,16H,4,7-12H2,1H3. The van der Waals surface area contributed by atoms with Crippen molar-refractivity contribution in [1.82, 2.24) is 0 Å². The van der Waals surface area contributed by atoms with E-state index in [9.17, 15) is 4.79 Å². The number of ketones is 1. The molecule has 0 bridgehead atoms. The van der Waals surface area contributed by atoms with Gasteiger partial charge in [-0.1, -0.05) is 24.3 Å². The van der Waals surface area contributed by atoms with Gasteiger partial charge in [0.25, 0.3) is 0 Å². The van der Waals surface area contributed by atoms with Gasteiger partial charge in [-0.2, -0.15) is 0 Å². The molecule has 2 rings (SSSR count). The third-order valence-electron chi connectivity index (χ3n) is 3.70. The topological polar surface area (TPSA) is 26.3 Å². The minimum atomic E-state index is 0.340. The fourth-order valence-corrected chi connectivity index (χ4v) is 2.48. The van der Waals surface area contributed by atoms with Gasteiger partial charge >= 0.3 is 0 Å². The molecule has 1 saturated heterocycles. The van der Waals surface area contributed by atoms with Crippen LogP contribution in [0.25, 0.3) is 0 Å². The second-order valence-electron chi connectivity index (χ2n) is 5.14. The van der Waals surface area contributed by atoms with Gasteiger partial charge in [-0.05, 0) is 43.7 Å². The van der Waals surface area contributed by atoms with Gasteiger partial charge in [-0.15, -0.1) is 0 Å². The highest BCUT2D eigenvalue weighted by atomic mass is 16.5. The van der Waals surface area contributed by atoms with Gasteiger partial charge in [0.2, 0.25) is 0 Å². The van der Waals surface area contributed by atoms with Gasteiger partial charge in [0.05, 0.1) is 6.10 Å². The van der Waals surface area contributed by atoms with Gasteiger partial charge in [-0.3, -0.25) is 4.79 Å². The first-order valence-corrected chi connectivity index (χ1v) is 6.93. The van der Waals surface area contributed by atoms with E-state index in [1.807, 2.05) is 12.1 Å². The summed E-state index contributed by atoms with van der Waals surface area (Å²) in [5, 5.41) is 0. The maximum Gasteiger partial charge on any atom is 0.133 e. The number of hydrogen-bond donors (Lipinski definition) is 0. The van der Waals surface area contributed by atoms with E-state index in [0.29, 0.717) is 24.7 Å². The smallest absolute Gasteiger partial charge is 0.133 e. The summed E-state index contributed by atoms with van der Waals surface area (Å²) >= 11 is 0. The summed E-state index contributed by atoms with van der Waals surface area (Å²) < 4.78 is 5.53. The Bertz CT molecular complexity index is 392. The molecule has 1 aliphatic heterocycles. The molecular weight excluding hydrogens is 224 g/mol. The maximum atomic E-state index is 11.8. The largest absolute Gasteiger partial charge is 0.378 e. The lowest BCUT2D eigenvalue weighted by Gasteiger charge is -2.08. The lowest BCUT2D eigenvalue weighted by molar-refractivity contribution is -0.119. The first kappa shape index (κ1) is 13.3. The van der Waals surface area contributed by atoms with Crippen molar-refractivity contribution in [3.8, 4) is 0 Å². The van der Waals surface area contributed by atoms with E-state index in [2.05, 4.69) is 19.1 Å². The third kappa shape index (κ3) is 3.95. The molecule has 0 saturated carbocycles. The van der Waals surface area contributed by atoms with Gasteiger partial charge in [0.1, 0.15) is 5.78 Å². The molecule has 1 aliphatic rings. The molecule has 0 radical (unpaired) electrons. The number of rotatable bonds is 6. The normalized spacial score (nSPS) is 19.1. The molecule has 1 aromatic rings. The summed E-state index contributed by atoms with van der Waals surface area (Å²) in [5.41, 5.74) is 2.58. The summed E-state index contributed by atoms with van der Waals surface area (Å²) in [7, 11) is 0. The molecular formula is C16H22O2. The van der Waals surface area contributed by atoms with Crippen molar-refractivity contribution in [2.75, 3.05) is 6.61 Å². The Kier molecular flexibility index (Phi) is 4.94. The van der Waals surface area contributed by atoms with Crippen molar-refractivity contribution in [3.05, 3.63) is 35.4 Å². The SMILES string of the molecule is Cc1ccccc1CCC(=O)CCC1CCCO1. The molecule has 1 heterocycles. The lowest BCUT2D eigenvalue weighted by atomic mass is 10.00. The summed E-state index contributed by atoms with van der Waals surface area (Å²) in [5.74, 6) is 0.369. The number of ether oxygens (including phenoxy) is 1. The van der Waals surface area contributed by atoms with Crippen LogP contribution in [0.3, 0.4) is 0 Å². The molecule has 2 heteroatoms. The number of carbonyl (C=O) groups is 1. The lowest BCUT2D eigenvalue weighted by Crippen LogP contribution is -2.09.